The van der Waals surface area contributed by atoms with Gasteiger partial charge in [0.25, 0.3) is 0 Å². The molecule has 1 aromatic heterocycles. The number of hydrogen-bond acceptors (Lipinski definition) is 3. The van der Waals surface area contributed by atoms with E-state index in [1.54, 1.807) is 0 Å². The summed E-state index contributed by atoms with van der Waals surface area (Å²) in [5.41, 5.74) is 1.22. The second-order valence-electron chi connectivity index (χ2n) is 4.50. The molecule has 84 valence electrons. The van der Waals surface area contributed by atoms with Crippen LogP contribution in [0.1, 0.15) is 34.8 Å². The van der Waals surface area contributed by atoms with Crippen molar-refractivity contribution in [2.24, 2.45) is 5.92 Å². The Labute approximate surface area is 96.1 Å². The first-order valence-electron chi connectivity index (χ1n) is 5.89. The lowest BCUT2D eigenvalue weighted by molar-refractivity contribution is 0.469. The molecule has 2 heterocycles. The highest BCUT2D eigenvalue weighted by molar-refractivity contribution is 7.11. The quantitative estimate of drug-likeness (QED) is 0.835. The number of nitrogens with one attached hydrogen (secondary N) is 1. The molecule has 1 aliphatic rings. The number of hydrogen-bond donors (Lipinski definition) is 1. The highest BCUT2D eigenvalue weighted by Gasteiger charge is 2.14. The third kappa shape index (κ3) is 3.02. The number of aromatic nitrogens is 1. The van der Waals surface area contributed by atoms with Crippen molar-refractivity contribution in [2.75, 3.05) is 13.1 Å². The minimum atomic E-state index is 0.852. The van der Waals surface area contributed by atoms with E-state index in [4.69, 9.17) is 0 Å². The van der Waals surface area contributed by atoms with E-state index in [9.17, 15) is 0 Å². The lowest BCUT2D eigenvalue weighted by Crippen LogP contribution is -2.14. The van der Waals surface area contributed by atoms with E-state index in [2.05, 4.69) is 24.1 Å². The van der Waals surface area contributed by atoms with Gasteiger partial charge in [0.15, 0.2) is 0 Å². The fraction of sp³-hybridized carbons (Fsp3) is 0.750. The lowest BCUT2D eigenvalue weighted by atomic mass is 9.97. The van der Waals surface area contributed by atoms with Crippen molar-refractivity contribution in [3.05, 3.63) is 15.6 Å². The number of aryl methyl sites for hydroxylation is 2. The number of thiazole rings is 1. The first-order valence-corrected chi connectivity index (χ1v) is 6.71. The smallest absolute Gasteiger partial charge is 0.0933 e. The molecule has 3 heteroatoms. The van der Waals surface area contributed by atoms with Crippen LogP contribution in [0, 0.1) is 19.8 Å². The molecule has 0 aromatic carbocycles. The van der Waals surface area contributed by atoms with Gasteiger partial charge in [-0.3, -0.25) is 0 Å². The maximum Gasteiger partial charge on any atom is 0.0933 e. The zero-order valence-electron chi connectivity index (χ0n) is 9.68. The predicted molar refractivity (Wildman–Crippen MR) is 65.5 cm³/mol. The van der Waals surface area contributed by atoms with Gasteiger partial charge in [-0.05, 0) is 52.1 Å². The molecular weight excluding hydrogens is 204 g/mol. The Morgan fingerprint density at radius 1 is 1.33 bits per heavy atom. The van der Waals surface area contributed by atoms with Gasteiger partial charge < -0.3 is 5.32 Å². The van der Waals surface area contributed by atoms with E-state index in [1.165, 1.54) is 54.4 Å². The maximum absolute atomic E-state index is 4.63. The topological polar surface area (TPSA) is 24.9 Å². The Morgan fingerprint density at radius 3 is 2.93 bits per heavy atom. The highest BCUT2D eigenvalue weighted by atomic mass is 32.1. The van der Waals surface area contributed by atoms with Gasteiger partial charge >= 0.3 is 0 Å². The Balaban J connectivity index is 1.95. The molecule has 0 saturated carbocycles. The second kappa shape index (κ2) is 5.08. The molecule has 1 aliphatic heterocycles. The summed E-state index contributed by atoms with van der Waals surface area (Å²) in [6.07, 6.45) is 5.21. The van der Waals surface area contributed by atoms with E-state index in [0.717, 1.165) is 5.92 Å². The van der Waals surface area contributed by atoms with Crippen molar-refractivity contribution in [3.63, 3.8) is 0 Å². The Kier molecular flexibility index (Phi) is 3.76. The van der Waals surface area contributed by atoms with Crippen LogP contribution >= 0.6 is 11.3 Å². The van der Waals surface area contributed by atoms with Gasteiger partial charge in [0.1, 0.15) is 0 Å². The van der Waals surface area contributed by atoms with Crippen LogP contribution in [-0.2, 0) is 6.42 Å². The summed E-state index contributed by atoms with van der Waals surface area (Å²) in [6, 6.07) is 0. The Bertz CT molecular complexity index is 292. The van der Waals surface area contributed by atoms with Crippen LogP contribution in [0.15, 0.2) is 0 Å². The fourth-order valence-corrected chi connectivity index (χ4v) is 3.22. The van der Waals surface area contributed by atoms with Gasteiger partial charge in [-0.15, -0.1) is 11.3 Å². The molecule has 1 unspecified atom stereocenters. The van der Waals surface area contributed by atoms with Crippen LogP contribution in [0.2, 0.25) is 0 Å². The van der Waals surface area contributed by atoms with Gasteiger partial charge in [0.2, 0.25) is 0 Å². The molecule has 0 radical (unpaired) electrons. The van der Waals surface area contributed by atoms with Gasteiger partial charge in [0.05, 0.1) is 10.7 Å². The van der Waals surface area contributed by atoms with Crippen molar-refractivity contribution in [1.29, 1.82) is 0 Å². The molecule has 2 nitrogen and oxygen atoms in total. The van der Waals surface area contributed by atoms with Crippen LogP contribution in [0.3, 0.4) is 0 Å². The molecule has 1 saturated heterocycles. The second-order valence-corrected chi connectivity index (χ2v) is 5.79. The van der Waals surface area contributed by atoms with E-state index in [-0.39, 0.29) is 0 Å². The molecule has 0 aliphatic carbocycles. The van der Waals surface area contributed by atoms with E-state index in [1.807, 2.05) is 11.3 Å². The summed E-state index contributed by atoms with van der Waals surface area (Å²) >= 11 is 1.88. The van der Waals surface area contributed by atoms with Crippen molar-refractivity contribution in [3.8, 4) is 0 Å². The minimum Gasteiger partial charge on any atom is -0.317 e. The van der Waals surface area contributed by atoms with Gasteiger partial charge in [0, 0.05) is 11.3 Å². The summed E-state index contributed by atoms with van der Waals surface area (Å²) in [4.78, 5) is 6.02. The molecule has 15 heavy (non-hydrogen) atoms. The maximum atomic E-state index is 4.63. The number of nitrogens with zero attached hydrogens (tertiary/aromatic N) is 1. The van der Waals surface area contributed by atoms with Gasteiger partial charge in [-0.25, -0.2) is 4.98 Å². The largest absolute Gasteiger partial charge is 0.317 e. The van der Waals surface area contributed by atoms with Crippen LogP contribution < -0.4 is 5.32 Å². The SMILES string of the molecule is Cc1nc(CC2CCCNCC2)sc1C. The third-order valence-electron chi connectivity index (χ3n) is 3.23. The summed E-state index contributed by atoms with van der Waals surface area (Å²) in [7, 11) is 0. The van der Waals surface area contributed by atoms with E-state index in [0.29, 0.717) is 0 Å². The monoisotopic (exact) mass is 224 g/mol. The van der Waals surface area contributed by atoms with E-state index >= 15 is 0 Å². The van der Waals surface area contributed by atoms with Gasteiger partial charge in [-0.2, -0.15) is 0 Å². The molecule has 1 fully saturated rings. The average molecular weight is 224 g/mol. The van der Waals surface area contributed by atoms with Crippen LogP contribution in [0.25, 0.3) is 0 Å². The first-order chi connectivity index (χ1) is 7.25. The van der Waals surface area contributed by atoms with Crippen molar-refractivity contribution >= 4 is 11.3 Å². The first kappa shape index (κ1) is 11.1. The third-order valence-corrected chi connectivity index (χ3v) is 4.33. The zero-order valence-corrected chi connectivity index (χ0v) is 10.5. The lowest BCUT2D eigenvalue weighted by Gasteiger charge is -2.10. The summed E-state index contributed by atoms with van der Waals surface area (Å²) < 4.78 is 0. The van der Waals surface area contributed by atoms with Gasteiger partial charge in [-0.1, -0.05) is 0 Å². The van der Waals surface area contributed by atoms with Crippen molar-refractivity contribution in [2.45, 2.75) is 39.5 Å². The molecule has 1 aromatic rings. The summed E-state index contributed by atoms with van der Waals surface area (Å²) in [5, 5.41) is 4.81. The fourth-order valence-electron chi connectivity index (χ4n) is 2.17. The molecule has 0 spiro atoms. The molecule has 2 rings (SSSR count). The van der Waals surface area contributed by atoms with E-state index < -0.39 is 0 Å². The Hall–Kier alpha value is -0.410. The van der Waals surface area contributed by atoms with Crippen molar-refractivity contribution in [1.82, 2.24) is 10.3 Å². The molecule has 0 bridgehead atoms. The summed E-state index contributed by atoms with van der Waals surface area (Å²) in [6.45, 7) is 6.68. The molecule has 1 N–H and O–H groups in total. The van der Waals surface area contributed by atoms with Crippen LogP contribution in [-0.4, -0.2) is 18.1 Å². The molecular formula is C12H20N2S. The average Bonchev–Trinajstić information content (AvgIpc) is 2.45. The van der Waals surface area contributed by atoms with Crippen LogP contribution in [0.5, 0.6) is 0 Å². The predicted octanol–water partition coefficient (Wildman–Crippen LogP) is 2.69. The Morgan fingerprint density at radius 2 is 2.20 bits per heavy atom. The highest BCUT2D eigenvalue weighted by Crippen LogP contribution is 2.23. The van der Waals surface area contributed by atoms with Crippen LogP contribution in [0.4, 0.5) is 0 Å². The zero-order chi connectivity index (χ0) is 10.7. The summed E-state index contributed by atoms with van der Waals surface area (Å²) in [5.74, 6) is 0.852. The minimum absolute atomic E-state index is 0.852. The standard InChI is InChI=1S/C12H20N2S/c1-9-10(2)15-12(14-9)8-11-4-3-6-13-7-5-11/h11,13H,3-8H2,1-2H3. The molecule has 1 atom stereocenters. The normalized spacial score (nSPS) is 22.7. The van der Waals surface area contributed by atoms with Crippen molar-refractivity contribution < 1.29 is 0 Å². The number of rotatable bonds is 2. The molecule has 0 amide bonds.